The number of Topliss-reactive ketones (excluding diaryl/α,β-unsaturated/α-hetero) is 2. The summed E-state index contributed by atoms with van der Waals surface area (Å²) in [5, 5.41) is 44.1. The molecule has 3 aliphatic carbocycles. The average Bonchev–Trinajstić information content (AvgIpc) is 2.71. The van der Waals surface area contributed by atoms with Crippen LogP contribution in [0.3, 0.4) is 0 Å². The number of phenolic OH excluding ortho intramolecular Hbond substituents is 1. The molecule has 4 rings (SSSR count). The number of amides is 1. The van der Waals surface area contributed by atoms with Crippen molar-refractivity contribution in [3.05, 3.63) is 39.7 Å². The van der Waals surface area contributed by atoms with Crippen molar-refractivity contribution in [1.82, 2.24) is 0 Å². The van der Waals surface area contributed by atoms with Crippen LogP contribution < -0.4 is 10.6 Å². The predicted molar refractivity (Wildman–Crippen MR) is 123 cm³/mol. The molecule has 10 nitrogen and oxygen atoms in total. The molecule has 0 spiro atoms. The van der Waals surface area contributed by atoms with E-state index in [4.69, 9.17) is 5.73 Å². The van der Waals surface area contributed by atoms with Crippen molar-refractivity contribution >= 4 is 39.7 Å². The van der Waals surface area contributed by atoms with Crippen LogP contribution in [0.25, 0.3) is 5.76 Å². The van der Waals surface area contributed by atoms with Gasteiger partial charge in [0.25, 0.3) is 5.91 Å². The summed E-state index contributed by atoms with van der Waals surface area (Å²) in [4.78, 5) is 39.5. The fraction of sp³-hybridized carbons (Fsp3) is 0.435. The van der Waals surface area contributed by atoms with Crippen molar-refractivity contribution < 1.29 is 39.0 Å². The quantitative estimate of drug-likeness (QED) is 0.373. The van der Waals surface area contributed by atoms with Gasteiger partial charge in [0.15, 0.2) is 11.4 Å². The van der Waals surface area contributed by atoms with Crippen molar-refractivity contribution in [3.8, 4) is 5.75 Å². The lowest BCUT2D eigenvalue weighted by molar-refractivity contribution is -0.147. The van der Waals surface area contributed by atoms with E-state index >= 15 is 0 Å². The average molecular weight is 491 g/mol. The van der Waals surface area contributed by atoms with Crippen LogP contribution in [0.4, 0.5) is 5.69 Å². The molecule has 0 radical (unpaired) electrons. The fourth-order valence-corrected chi connectivity index (χ4v) is 6.11. The molecule has 1 aromatic carbocycles. The number of phenols is 1. The Balaban J connectivity index is 1.97. The van der Waals surface area contributed by atoms with E-state index < -0.39 is 62.8 Å². The van der Waals surface area contributed by atoms with Gasteiger partial charge in [0, 0.05) is 60.3 Å². The Morgan fingerprint density at radius 1 is 1.24 bits per heavy atom. The monoisotopic (exact) mass is 490 g/mol. The van der Waals surface area contributed by atoms with E-state index in [-0.39, 0.29) is 41.9 Å². The Morgan fingerprint density at radius 3 is 2.44 bits per heavy atom. The number of aliphatic hydroxyl groups excluding tert-OH is 2. The second kappa shape index (κ2) is 7.95. The van der Waals surface area contributed by atoms with Gasteiger partial charge in [-0.1, -0.05) is 0 Å². The molecule has 1 amide bonds. The third kappa shape index (κ3) is 3.25. The molecule has 0 aromatic heterocycles. The van der Waals surface area contributed by atoms with Crippen LogP contribution in [0.5, 0.6) is 5.75 Å². The Morgan fingerprint density at radius 2 is 1.88 bits per heavy atom. The number of carbonyl (C=O) groups excluding carboxylic acids is 3. The van der Waals surface area contributed by atoms with Gasteiger partial charge < -0.3 is 31.1 Å². The lowest BCUT2D eigenvalue weighted by atomic mass is 9.59. The summed E-state index contributed by atoms with van der Waals surface area (Å²) >= 11 is 0. The van der Waals surface area contributed by atoms with Crippen molar-refractivity contribution in [2.75, 3.05) is 25.3 Å². The minimum atomic E-state index is -2.60. The number of nitrogens with zero attached hydrogens (tertiary/aromatic N) is 1. The summed E-state index contributed by atoms with van der Waals surface area (Å²) in [5.41, 5.74) is 3.10. The number of fused-ring (bicyclic) bond motifs is 3. The largest absolute Gasteiger partial charge is 0.508 e. The number of aromatic hydroxyl groups is 1. The molecular weight excluding hydrogens is 464 g/mol. The fourth-order valence-electron chi connectivity index (χ4n) is 5.45. The van der Waals surface area contributed by atoms with Gasteiger partial charge in [0.05, 0.1) is 11.3 Å². The van der Waals surface area contributed by atoms with Crippen molar-refractivity contribution in [1.29, 1.82) is 0 Å². The lowest BCUT2D eigenvalue weighted by Crippen LogP contribution is -2.58. The number of primary amides is 1. The molecule has 1 fully saturated rings. The molecule has 0 bridgehead atoms. The zero-order valence-electron chi connectivity index (χ0n) is 18.9. The minimum Gasteiger partial charge on any atom is -0.508 e. The highest BCUT2D eigenvalue weighted by molar-refractivity contribution is 7.83. The number of ketones is 2. The third-order valence-electron chi connectivity index (χ3n) is 6.96. The van der Waals surface area contributed by atoms with E-state index in [0.717, 1.165) is 0 Å². The zero-order chi connectivity index (χ0) is 25.3. The van der Waals surface area contributed by atoms with Gasteiger partial charge in [-0.25, -0.2) is 0 Å². The van der Waals surface area contributed by atoms with Crippen molar-refractivity contribution in [2.24, 2.45) is 17.6 Å². The number of aliphatic hydroxyl groups is 3. The first-order valence-electron chi connectivity index (χ1n) is 10.6. The second-order valence-corrected chi connectivity index (χ2v) is 10.7. The molecule has 6 N–H and O–H groups in total. The Bertz CT molecular complexity index is 1250. The number of hydrogen-bond acceptors (Lipinski definition) is 9. The van der Waals surface area contributed by atoms with E-state index in [1.165, 1.54) is 6.26 Å². The molecule has 1 aromatic rings. The van der Waals surface area contributed by atoms with E-state index in [0.29, 0.717) is 16.8 Å². The van der Waals surface area contributed by atoms with Gasteiger partial charge in [-0.05, 0) is 30.4 Å². The van der Waals surface area contributed by atoms with Crippen LogP contribution in [0.2, 0.25) is 0 Å². The van der Waals surface area contributed by atoms with Crippen LogP contribution in [-0.4, -0.2) is 68.1 Å². The van der Waals surface area contributed by atoms with Gasteiger partial charge in [-0.2, -0.15) is 0 Å². The standard InChI is InChI=1S/C23H26N2O8S/c1-25(2)13-6-10(8-34(3)33)18(27)16-12(13)5-9-4-11-7-14(26)17(22(24)31)21(30)23(11,32)20(29)15(9)19(16)28/h6,9,11,27-28,30,32H,4-5,7-8H2,1-3H3,(H2,24,31). The highest BCUT2D eigenvalue weighted by Gasteiger charge is 2.60. The lowest BCUT2D eigenvalue weighted by Gasteiger charge is -2.46. The summed E-state index contributed by atoms with van der Waals surface area (Å²) in [5.74, 6) is -6.66. The van der Waals surface area contributed by atoms with Crippen molar-refractivity contribution in [3.63, 3.8) is 0 Å². The van der Waals surface area contributed by atoms with E-state index in [2.05, 4.69) is 0 Å². The van der Waals surface area contributed by atoms with E-state index in [1.54, 1.807) is 25.1 Å². The number of benzene rings is 1. The predicted octanol–water partition coefficient (Wildman–Crippen LogP) is 0.368. The van der Waals surface area contributed by atoms with Crippen LogP contribution in [0.1, 0.15) is 29.5 Å². The Kier molecular flexibility index (Phi) is 5.60. The maximum Gasteiger partial charge on any atom is 0.255 e. The summed E-state index contributed by atoms with van der Waals surface area (Å²) in [7, 11) is 2.24. The molecule has 0 heterocycles. The topological polar surface area (TPSA) is 178 Å². The smallest absolute Gasteiger partial charge is 0.255 e. The molecular formula is C23H26N2O8S. The molecule has 0 aliphatic heterocycles. The zero-order valence-corrected chi connectivity index (χ0v) is 19.7. The van der Waals surface area contributed by atoms with Crippen LogP contribution >= 0.6 is 0 Å². The molecule has 182 valence electrons. The first kappa shape index (κ1) is 24.0. The highest BCUT2D eigenvalue weighted by atomic mass is 32.2. The minimum absolute atomic E-state index is 0.00113. The van der Waals surface area contributed by atoms with Crippen LogP contribution in [-0.2, 0) is 37.4 Å². The van der Waals surface area contributed by atoms with Crippen LogP contribution in [0, 0.1) is 11.8 Å². The maximum absolute atomic E-state index is 13.5. The molecule has 3 aliphatic rings. The molecule has 0 saturated heterocycles. The highest BCUT2D eigenvalue weighted by Crippen LogP contribution is 2.53. The molecule has 11 heteroatoms. The molecule has 4 atom stereocenters. The normalized spacial score (nSPS) is 27.2. The summed E-state index contributed by atoms with van der Waals surface area (Å²) in [6, 6.07) is 1.69. The van der Waals surface area contributed by atoms with Gasteiger partial charge in [-0.15, -0.1) is 0 Å². The number of nitrogens with two attached hydrogens (primary N) is 1. The summed E-state index contributed by atoms with van der Waals surface area (Å²) in [6.45, 7) is 0. The Hall–Kier alpha value is -3.18. The number of anilines is 1. The Labute approximate surface area is 197 Å². The molecule has 34 heavy (non-hydrogen) atoms. The third-order valence-corrected chi connectivity index (χ3v) is 7.68. The van der Waals surface area contributed by atoms with Crippen molar-refractivity contribution in [2.45, 2.75) is 30.6 Å². The van der Waals surface area contributed by atoms with Gasteiger partial charge in [-0.3, -0.25) is 18.6 Å². The number of rotatable bonds is 4. The van der Waals surface area contributed by atoms with E-state index in [1.807, 2.05) is 0 Å². The number of hydrogen-bond donors (Lipinski definition) is 5. The SMILES string of the molecule is CN(C)c1cc(CS(C)=O)c(O)c2c1CC1CC3CC(=O)C(C(N)=O)=C(O)C3(O)C(=O)C1=C2O. The van der Waals surface area contributed by atoms with Gasteiger partial charge in [0.2, 0.25) is 5.78 Å². The van der Waals surface area contributed by atoms with E-state index in [9.17, 15) is 39.0 Å². The first-order valence-corrected chi connectivity index (χ1v) is 12.4. The second-order valence-electron chi connectivity index (χ2n) is 9.28. The first-order chi connectivity index (χ1) is 15.8. The van der Waals surface area contributed by atoms with Crippen LogP contribution in [0.15, 0.2) is 23.0 Å². The van der Waals surface area contributed by atoms with Gasteiger partial charge in [0.1, 0.15) is 22.8 Å². The summed E-state index contributed by atoms with van der Waals surface area (Å²) in [6.07, 6.45) is 1.38. The number of carbonyl (C=O) groups is 3. The molecule has 1 saturated carbocycles. The summed E-state index contributed by atoms with van der Waals surface area (Å²) < 4.78 is 11.9. The molecule has 4 unspecified atom stereocenters. The maximum atomic E-state index is 13.5. The van der Waals surface area contributed by atoms with Gasteiger partial charge >= 0.3 is 0 Å².